The van der Waals surface area contributed by atoms with Crippen LogP contribution in [-0.2, 0) is 4.79 Å². The Morgan fingerprint density at radius 2 is 2.29 bits per heavy atom. The van der Waals surface area contributed by atoms with E-state index >= 15 is 0 Å². The van der Waals surface area contributed by atoms with Crippen molar-refractivity contribution in [3.05, 3.63) is 30.1 Å². The van der Waals surface area contributed by atoms with Crippen LogP contribution in [-0.4, -0.2) is 39.4 Å². The number of ketones is 1. The van der Waals surface area contributed by atoms with Crippen molar-refractivity contribution in [1.29, 1.82) is 0 Å². The van der Waals surface area contributed by atoms with Crippen molar-refractivity contribution >= 4 is 23.5 Å². The summed E-state index contributed by atoms with van der Waals surface area (Å²) < 4.78 is 0. The molecule has 3 N–H and O–H groups in total. The summed E-state index contributed by atoms with van der Waals surface area (Å²) in [7, 11) is 0. The first-order chi connectivity index (χ1) is 8.11. The molecule has 0 aliphatic carbocycles. The van der Waals surface area contributed by atoms with Gasteiger partial charge in [0.05, 0.1) is 5.75 Å². The van der Waals surface area contributed by atoms with E-state index in [9.17, 15) is 9.59 Å². The summed E-state index contributed by atoms with van der Waals surface area (Å²) in [5.74, 6) is -0.145. The van der Waals surface area contributed by atoms with Gasteiger partial charge >= 0.3 is 5.97 Å². The first-order valence-electron chi connectivity index (χ1n) is 5.10. The summed E-state index contributed by atoms with van der Waals surface area (Å²) in [6.07, 6.45) is 3.49. The molecule has 0 saturated carbocycles. The third-order valence-corrected chi connectivity index (χ3v) is 3.10. The van der Waals surface area contributed by atoms with Crippen molar-refractivity contribution in [2.24, 2.45) is 5.73 Å². The number of aliphatic carboxylic acids is 1. The predicted octanol–water partition coefficient (Wildman–Crippen LogP) is 0.799. The second-order valence-electron chi connectivity index (χ2n) is 3.45. The Morgan fingerprint density at radius 1 is 1.53 bits per heavy atom. The molecule has 5 nitrogen and oxygen atoms in total. The molecule has 0 amide bonds. The predicted molar refractivity (Wildman–Crippen MR) is 66.1 cm³/mol. The first kappa shape index (κ1) is 13.7. The maximum atomic E-state index is 11.6. The van der Waals surface area contributed by atoms with Crippen LogP contribution in [0.4, 0.5) is 0 Å². The van der Waals surface area contributed by atoms with Crippen molar-refractivity contribution in [2.45, 2.75) is 12.5 Å². The molecule has 0 fully saturated rings. The smallest absolute Gasteiger partial charge is 0.320 e. The van der Waals surface area contributed by atoms with Crippen LogP contribution in [0, 0.1) is 0 Å². The molecule has 6 heteroatoms. The quantitative estimate of drug-likeness (QED) is 0.552. The first-order valence-corrected chi connectivity index (χ1v) is 6.26. The summed E-state index contributed by atoms with van der Waals surface area (Å²) in [5, 5.41) is 8.56. The van der Waals surface area contributed by atoms with Gasteiger partial charge in [-0.05, 0) is 24.3 Å². The van der Waals surface area contributed by atoms with Crippen LogP contribution in [0.3, 0.4) is 0 Å². The van der Waals surface area contributed by atoms with E-state index < -0.39 is 12.0 Å². The SMILES string of the molecule is N[C@@H](CCSCC(=O)c1cccnc1)C(=O)O. The van der Waals surface area contributed by atoms with E-state index in [1.165, 1.54) is 18.0 Å². The highest BCUT2D eigenvalue weighted by Crippen LogP contribution is 2.08. The molecule has 1 aromatic heterocycles. The molecule has 92 valence electrons. The lowest BCUT2D eigenvalue weighted by Crippen LogP contribution is -2.30. The topological polar surface area (TPSA) is 93.3 Å². The van der Waals surface area contributed by atoms with E-state index in [0.29, 0.717) is 23.5 Å². The van der Waals surface area contributed by atoms with Crippen molar-refractivity contribution in [3.8, 4) is 0 Å². The van der Waals surface area contributed by atoms with Gasteiger partial charge in [0.15, 0.2) is 5.78 Å². The Kier molecular flexibility index (Phi) is 5.65. The fourth-order valence-corrected chi connectivity index (χ4v) is 2.03. The molecule has 17 heavy (non-hydrogen) atoms. The highest BCUT2D eigenvalue weighted by atomic mass is 32.2. The zero-order chi connectivity index (χ0) is 12.7. The third kappa shape index (κ3) is 4.97. The fraction of sp³-hybridized carbons (Fsp3) is 0.364. The number of thioether (sulfide) groups is 1. The lowest BCUT2D eigenvalue weighted by Gasteiger charge is -2.05. The van der Waals surface area contributed by atoms with Gasteiger partial charge in [-0.3, -0.25) is 14.6 Å². The molecule has 1 rings (SSSR count). The van der Waals surface area contributed by atoms with Gasteiger partial charge < -0.3 is 10.8 Å². The van der Waals surface area contributed by atoms with Gasteiger partial charge in [0.1, 0.15) is 6.04 Å². The number of carbonyl (C=O) groups is 2. The van der Waals surface area contributed by atoms with Crippen LogP contribution in [0.15, 0.2) is 24.5 Å². The standard InChI is InChI=1S/C11H14N2O3S/c12-9(11(15)16)3-5-17-7-10(14)8-2-1-4-13-6-8/h1-2,4,6,9H,3,5,7,12H2,(H,15,16)/t9-/m0/s1. The average molecular weight is 254 g/mol. The van der Waals surface area contributed by atoms with E-state index in [0.717, 1.165) is 0 Å². The monoisotopic (exact) mass is 254 g/mol. The van der Waals surface area contributed by atoms with Gasteiger partial charge in [-0.2, -0.15) is 11.8 Å². The third-order valence-electron chi connectivity index (χ3n) is 2.11. The van der Waals surface area contributed by atoms with E-state index in [4.69, 9.17) is 10.8 Å². The Balaban J connectivity index is 2.24. The van der Waals surface area contributed by atoms with Gasteiger partial charge in [-0.15, -0.1) is 0 Å². The van der Waals surface area contributed by atoms with E-state index in [-0.39, 0.29) is 5.78 Å². The number of rotatable bonds is 7. The minimum Gasteiger partial charge on any atom is -0.480 e. The average Bonchev–Trinajstić information content (AvgIpc) is 2.35. The highest BCUT2D eigenvalue weighted by Gasteiger charge is 2.11. The number of carbonyl (C=O) groups excluding carboxylic acids is 1. The van der Waals surface area contributed by atoms with E-state index in [1.54, 1.807) is 18.3 Å². The summed E-state index contributed by atoms with van der Waals surface area (Å²) in [6, 6.07) is 2.56. The molecule has 0 bridgehead atoms. The second-order valence-corrected chi connectivity index (χ2v) is 4.56. The van der Waals surface area contributed by atoms with Crippen molar-refractivity contribution in [2.75, 3.05) is 11.5 Å². The zero-order valence-corrected chi connectivity index (χ0v) is 10.0. The number of nitrogens with two attached hydrogens (primary N) is 1. The van der Waals surface area contributed by atoms with E-state index in [1.807, 2.05) is 0 Å². The number of aromatic nitrogens is 1. The number of pyridine rings is 1. The molecule has 1 atom stereocenters. The number of Topliss-reactive ketones (excluding diaryl/α,β-unsaturated/α-hetero) is 1. The maximum absolute atomic E-state index is 11.6. The molecular weight excluding hydrogens is 240 g/mol. The lowest BCUT2D eigenvalue weighted by atomic mass is 10.2. The second kappa shape index (κ2) is 7.03. The largest absolute Gasteiger partial charge is 0.480 e. The molecule has 0 radical (unpaired) electrons. The van der Waals surface area contributed by atoms with Crippen LogP contribution < -0.4 is 5.73 Å². The molecule has 0 aromatic carbocycles. The highest BCUT2D eigenvalue weighted by molar-refractivity contribution is 7.99. The summed E-state index contributed by atoms with van der Waals surface area (Å²) in [4.78, 5) is 25.9. The fourth-order valence-electron chi connectivity index (χ4n) is 1.11. The lowest BCUT2D eigenvalue weighted by molar-refractivity contribution is -0.138. The zero-order valence-electron chi connectivity index (χ0n) is 9.20. The normalized spacial score (nSPS) is 12.1. The number of hydrogen-bond acceptors (Lipinski definition) is 5. The van der Waals surface area contributed by atoms with Gasteiger partial charge in [0, 0.05) is 18.0 Å². The maximum Gasteiger partial charge on any atom is 0.320 e. The number of carboxylic acid groups (broad SMARTS) is 1. The van der Waals surface area contributed by atoms with Gasteiger partial charge in [0.2, 0.25) is 0 Å². The van der Waals surface area contributed by atoms with Crippen LogP contribution >= 0.6 is 11.8 Å². The Morgan fingerprint density at radius 3 is 2.88 bits per heavy atom. The Bertz CT molecular complexity index is 384. The number of hydrogen-bond donors (Lipinski definition) is 2. The Labute approximate surface area is 103 Å². The van der Waals surface area contributed by atoms with Crippen LogP contribution in [0.2, 0.25) is 0 Å². The molecule has 0 aliphatic rings. The molecule has 0 aliphatic heterocycles. The van der Waals surface area contributed by atoms with Gasteiger partial charge in [-0.25, -0.2) is 0 Å². The van der Waals surface area contributed by atoms with Crippen molar-refractivity contribution in [1.82, 2.24) is 4.98 Å². The van der Waals surface area contributed by atoms with Crippen molar-refractivity contribution in [3.63, 3.8) is 0 Å². The molecule has 1 heterocycles. The molecule has 0 unspecified atom stereocenters. The number of carboxylic acids is 1. The molecular formula is C11H14N2O3S. The minimum atomic E-state index is -1.01. The summed E-state index contributed by atoms with van der Waals surface area (Å²) in [5.41, 5.74) is 5.91. The molecule has 0 spiro atoms. The van der Waals surface area contributed by atoms with Crippen LogP contribution in [0.5, 0.6) is 0 Å². The summed E-state index contributed by atoms with van der Waals surface area (Å²) in [6.45, 7) is 0. The molecule has 0 saturated heterocycles. The van der Waals surface area contributed by atoms with E-state index in [2.05, 4.69) is 4.98 Å². The van der Waals surface area contributed by atoms with Gasteiger partial charge in [-0.1, -0.05) is 0 Å². The Hall–Kier alpha value is -1.40. The number of nitrogens with zero attached hydrogens (tertiary/aromatic N) is 1. The molecule has 1 aromatic rings. The van der Waals surface area contributed by atoms with Crippen molar-refractivity contribution < 1.29 is 14.7 Å². The van der Waals surface area contributed by atoms with Crippen LogP contribution in [0.1, 0.15) is 16.8 Å². The summed E-state index contributed by atoms with van der Waals surface area (Å²) >= 11 is 1.38. The van der Waals surface area contributed by atoms with Gasteiger partial charge in [0.25, 0.3) is 0 Å². The van der Waals surface area contributed by atoms with Crippen LogP contribution in [0.25, 0.3) is 0 Å². The minimum absolute atomic E-state index is 0.00741.